The predicted molar refractivity (Wildman–Crippen MR) is 59.4 cm³/mol. The molecule has 90 valence electrons. The van der Waals surface area contributed by atoms with Gasteiger partial charge in [-0.25, -0.2) is 0 Å². The van der Waals surface area contributed by atoms with Crippen molar-refractivity contribution in [1.82, 2.24) is 0 Å². The Morgan fingerprint density at radius 3 is 2.50 bits per heavy atom. The van der Waals surface area contributed by atoms with Crippen molar-refractivity contribution in [1.29, 1.82) is 0 Å². The quantitative estimate of drug-likeness (QED) is 0.682. The minimum atomic E-state index is -4.24. The number of alkyl halides is 3. The van der Waals surface area contributed by atoms with E-state index in [4.69, 9.17) is 0 Å². The fourth-order valence-corrected chi connectivity index (χ4v) is 1.70. The number of halogens is 3. The van der Waals surface area contributed by atoms with Crippen molar-refractivity contribution in [3.05, 3.63) is 35.4 Å². The molecular formula is C13H17F3. The topological polar surface area (TPSA) is 0 Å². The summed E-state index contributed by atoms with van der Waals surface area (Å²) >= 11 is 0. The van der Waals surface area contributed by atoms with Crippen molar-refractivity contribution >= 4 is 0 Å². The van der Waals surface area contributed by atoms with Gasteiger partial charge in [0.05, 0.1) is 5.56 Å². The molecule has 0 saturated carbocycles. The van der Waals surface area contributed by atoms with Crippen molar-refractivity contribution in [3.8, 4) is 0 Å². The van der Waals surface area contributed by atoms with Crippen LogP contribution in [0.4, 0.5) is 13.2 Å². The zero-order valence-electron chi connectivity index (χ0n) is 9.64. The van der Waals surface area contributed by atoms with E-state index in [-0.39, 0.29) is 5.92 Å². The third-order valence-corrected chi connectivity index (χ3v) is 2.77. The van der Waals surface area contributed by atoms with E-state index in [0.29, 0.717) is 0 Å². The molecule has 16 heavy (non-hydrogen) atoms. The standard InChI is InChI=1S/C13H17F3/c1-3-4-6-10(2)11-7-5-8-12(9-11)13(14,15)16/h5,7-10H,3-4,6H2,1-2H3. The van der Waals surface area contributed by atoms with Gasteiger partial charge in [0.2, 0.25) is 0 Å². The first-order valence-electron chi connectivity index (χ1n) is 5.62. The van der Waals surface area contributed by atoms with Gasteiger partial charge in [-0.15, -0.1) is 0 Å². The number of benzene rings is 1. The van der Waals surface area contributed by atoms with Crippen molar-refractivity contribution in [3.63, 3.8) is 0 Å². The van der Waals surface area contributed by atoms with Crippen LogP contribution in [0.3, 0.4) is 0 Å². The molecule has 0 nitrogen and oxygen atoms in total. The van der Waals surface area contributed by atoms with E-state index in [2.05, 4.69) is 6.92 Å². The second-order valence-corrected chi connectivity index (χ2v) is 4.17. The van der Waals surface area contributed by atoms with Crippen LogP contribution in [0.1, 0.15) is 50.2 Å². The van der Waals surface area contributed by atoms with Gasteiger partial charge in [0.25, 0.3) is 0 Å². The molecule has 0 radical (unpaired) electrons. The summed E-state index contributed by atoms with van der Waals surface area (Å²) in [6, 6.07) is 5.65. The lowest BCUT2D eigenvalue weighted by Crippen LogP contribution is -2.06. The van der Waals surface area contributed by atoms with Crippen molar-refractivity contribution in [2.75, 3.05) is 0 Å². The Kier molecular flexibility index (Phi) is 4.39. The second-order valence-electron chi connectivity index (χ2n) is 4.17. The van der Waals surface area contributed by atoms with Crippen LogP contribution < -0.4 is 0 Å². The summed E-state index contributed by atoms with van der Waals surface area (Å²) < 4.78 is 37.4. The molecule has 1 aromatic rings. The summed E-state index contributed by atoms with van der Waals surface area (Å²) in [5, 5.41) is 0. The fourth-order valence-electron chi connectivity index (χ4n) is 1.70. The fraction of sp³-hybridized carbons (Fsp3) is 0.538. The average molecular weight is 230 g/mol. The van der Waals surface area contributed by atoms with Gasteiger partial charge >= 0.3 is 6.18 Å². The van der Waals surface area contributed by atoms with E-state index in [1.807, 2.05) is 6.92 Å². The molecule has 0 aliphatic rings. The van der Waals surface area contributed by atoms with Crippen LogP contribution in [0.2, 0.25) is 0 Å². The van der Waals surface area contributed by atoms with Gasteiger partial charge in [-0.2, -0.15) is 13.2 Å². The molecule has 0 aliphatic carbocycles. The van der Waals surface area contributed by atoms with Crippen molar-refractivity contribution in [2.45, 2.75) is 45.2 Å². The van der Waals surface area contributed by atoms with Gasteiger partial charge in [-0.3, -0.25) is 0 Å². The van der Waals surface area contributed by atoms with Crippen LogP contribution in [0.5, 0.6) is 0 Å². The molecule has 3 heteroatoms. The molecule has 0 spiro atoms. The lowest BCUT2D eigenvalue weighted by atomic mass is 9.94. The van der Waals surface area contributed by atoms with Crippen LogP contribution in [-0.4, -0.2) is 0 Å². The zero-order valence-corrected chi connectivity index (χ0v) is 9.64. The molecule has 1 atom stereocenters. The first-order chi connectivity index (χ1) is 7.45. The lowest BCUT2D eigenvalue weighted by Gasteiger charge is -2.14. The number of unbranched alkanes of at least 4 members (excludes halogenated alkanes) is 1. The van der Waals surface area contributed by atoms with E-state index in [0.717, 1.165) is 30.9 Å². The molecule has 1 rings (SSSR count). The Labute approximate surface area is 94.5 Å². The highest BCUT2D eigenvalue weighted by Crippen LogP contribution is 2.32. The monoisotopic (exact) mass is 230 g/mol. The highest BCUT2D eigenvalue weighted by molar-refractivity contribution is 5.27. The SMILES string of the molecule is CCCCC(C)c1cccc(C(F)(F)F)c1. The zero-order chi connectivity index (χ0) is 12.2. The van der Waals surface area contributed by atoms with E-state index >= 15 is 0 Å². The summed E-state index contributed by atoms with van der Waals surface area (Å²) in [5.74, 6) is 0.197. The Morgan fingerprint density at radius 2 is 1.94 bits per heavy atom. The van der Waals surface area contributed by atoms with E-state index in [1.54, 1.807) is 6.07 Å². The summed E-state index contributed by atoms with van der Waals surface area (Å²) in [7, 11) is 0. The van der Waals surface area contributed by atoms with Gasteiger partial charge in [0, 0.05) is 0 Å². The van der Waals surface area contributed by atoms with Gasteiger partial charge < -0.3 is 0 Å². The van der Waals surface area contributed by atoms with E-state index < -0.39 is 11.7 Å². The van der Waals surface area contributed by atoms with Crippen LogP contribution in [0, 0.1) is 0 Å². The van der Waals surface area contributed by atoms with Gasteiger partial charge in [0.1, 0.15) is 0 Å². The third-order valence-electron chi connectivity index (χ3n) is 2.77. The number of rotatable bonds is 4. The molecule has 1 aromatic carbocycles. The smallest absolute Gasteiger partial charge is 0.166 e. The molecule has 0 aliphatic heterocycles. The Morgan fingerprint density at radius 1 is 1.25 bits per heavy atom. The highest BCUT2D eigenvalue weighted by atomic mass is 19.4. The molecule has 0 fully saturated rings. The third kappa shape index (κ3) is 3.54. The predicted octanol–water partition coefficient (Wildman–Crippen LogP) is 5.00. The minimum absolute atomic E-state index is 0.197. The van der Waals surface area contributed by atoms with Crippen LogP contribution >= 0.6 is 0 Å². The molecule has 0 aromatic heterocycles. The van der Waals surface area contributed by atoms with E-state index in [1.165, 1.54) is 12.1 Å². The summed E-state index contributed by atoms with van der Waals surface area (Å²) in [6.07, 6.45) is -1.17. The Bertz CT molecular complexity index is 328. The molecule has 0 bridgehead atoms. The van der Waals surface area contributed by atoms with Crippen LogP contribution in [-0.2, 0) is 6.18 Å². The molecule has 0 N–H and O–H groups in total. The summed E-state index contributed by atoms with van der Waals surface area (Å²) in [6.45, 7) is 4.06. The van der Waals surface area contributed by atoms with Gasteiger partial charge in [-0.05, 0) is 24.0 Å². The van der Waals surface area contributed by atoms with Gasteiger partial charge in [0.15, 0.2) is 0 Å². The normalized spacial score (nSPS) is 13.8. The van der Waals surface area contributed by atoms with Crippen LogP contribution in [0.15, 0.2) is 24.3 Å². The van der Waals surface area contributed by atoms with E-state index in [9.17, 15) is 13.2 Å². The maximum absolute atomic E-state index is 12.5. The lowest BCUT2D eigenvalue weighted by molar-refractivity contribution is -0.137. The molecule has 0 saturated heterocycles. The highest BCUT2D eigenvalue weighted by Gasteiger charge is 2.30. The largest absolute Gasteiger partial charge is 0.416 e. The first kappa shape index (κ1) is 13.1. The molecule has 0 amide bonds. The number of hydrogen-bond donors (Lipinski definition) is 0. The average Bonchev–Trinajstić information content (AvgIpc) is 2.25. The molecule has 0 heterocycles. The number of hydrogen-bond acceptors (Lipinski definition) is 0. The summed E-state index contributed by atoms with van der Waals surface area (Å²) in [4.78, 5) is 0. The Balaban J connectivity index is 2.82. The Hall–Kier alpha value is -0.990. The van der Waals surface area contributed by atoms with Crippen molar-refractivity contribution in [2.24, 2.45) is 0 Å². The minimum Gasteiger partial charge on any atom is -0.166 e. The van der Waals surface area contributed by atoms with Crippen LogP contribution in [0.25, 0.3) is 0 Å². The maximum Gasteiger partial charge on any atom is 0.416 e. The maximum atomic E-state index is 12.5. The van der Waals surface area contributed by atoms with Gasteiger partial charge in [-0.1, -0.05) is 44.9 Å². The van der Waals surface area contributed by atoms with Crippen molar-refractivity contribution < 1.29 is 13.2 Å². The summed E-state index contributed by atoms with van der Waals surface area (Å²) in [5.41, 5.74) is 0.233. The first-order valence-corrected chi connectivity index (χ1v) is 5.62. The molecule has 1 unspecified atom stereocenters. The molecular weight excluding hydrogens is 213 g/mol. The second kappa shape index (κ2) is 5.37.